The Kier molecular flexibility index (Phi) is 13.3. The van der Waals surface area contributed by atoms with Crippen molar-refractivity contribution in [3.05, 3.63) is 131 Å². The van der Waals surface area contributed by atoms with Gasteiger partial charge in [-0.1, -0.05) is 0 Å². The first kappa shape index (κ1) is 35.8. The van der Waals surface area contributed by atoms with Gasteiger partial charge in [0.25, 0.3) is 0 Å². The van der Waals surface area contributed by atoms with Crippen LogP contribution in [0.4, 0.5) is 0 Å². The third-order valence-corrected chi connectivity index (χ3v) is 9.37. The van der Waals surface area contributed by atoms with Crippen molar-refractivity contribution in [2.45, 2.75) is 49.9 Å². The van der Waals surface area contributed by atoms with E-state index in [-0.39, 0.29) is 41.9 Å². The molecule has 4 atom stereocenters. The molecule has 11 nitrogen and oxygen atoms in total. The Hall–Kier alpha value is -5.00. The number of carbonyl (C=O) groups excluding carboxylic acids is 3. The van der Waals surface area contributed by atoms with Crippen LogP contribution in [0, 0.1) is 0 Å². The normalized spacial score (nSPS) is 13.4. The van der Waals surface area contributed by atoms with Crippen molar-refractivity contribution in [1.29, 1.82) is 0 Å². The van der Waals surface area contributed by atoms with Crippen molar-refractivity contribution in [2.75, 3.05) is 0 Å². The molecule has 4 aromatic carbocycles. The van der Waals surface area contributed by atoms with Crippen molar-refractivity contribution in [1.82, 2.24) is 15.0 Å². The van der Waals surface area contributed by atoms with Crippen molar-refractivity contribution in [2.24, 2.45) is 5.73 Å². The quantitative estimate of drug-likeness (QED) is 0.0800. The number of hydrogen-bond acceptors (Lipinski definition) is 8. The first-order valence-corrected chi connectivity index (χ1v) is 17.0. The van der Waals surface area contributed by atoms with Gasteiger partial charge >= 0.3 is 286 Å². The maximum absolute atomic E-state index is 13.7. The average molecular weight is 718 g/mol. The number of phenolic OH excluding ortho intramolecular Hbond substituents is 2. The molecule has 0 bridgehead atoms. The first-order valence-electron chi connectivity index (χ1n) is 15.3. The Bertz CT molecular complexity index is 1660. The number of amides is 2. The molecular weight excluding hydrogens is 679 g/mol. The molecule has 0 aliphatic carbocycles. The molecule has 0 aromatic heterocycles. The Morgan fingerprint density at radius 2 is 0.979 bits per heavy atom. The monoisotopic (exact) mass is 718 g/mol. The predicted octanol–water partition coefficient (Wildman–Crippen LogP) is 1.85. The van der Waals surface area contributed by atoms with Crippen molar-refractivity contribution >= 4 is 37.6 Å². The van der Waals surface area contributed by atoms with E-state index in [2.05, 4.69) is 15.0 Å². The number of aliphatic carboxylic acids is 1. The van der Waals surface area contributed by atoms with Gasteiger partial charge in [-0.15, -0.1) is 0 Å². The molecule has 12 heteroatoms. The molecule has 4 rings (SSSR count). The predicted molar refractivity (Wildman–Crippen MR) is 181 cm³/mol. The Morgan fingerprint density at radius 3 is 1.48 bits per heavy atom. The molecular formula is C36H38N4O7Se. The number of rotatable bonds is 17. The fourth-order valence-corrected chi connectivity index (χ4v) is 6.42. The van der Waals surface area contributed by atoms with Gasteiger partial charge in [0.1, 0.15) is 0 Å². The number of aromatic hydroxyl groups is 2. The van der Waals surface area contributed by atoms with E-state index >= 15 is 0 Å². The van der Waals surface area contributed by atoms with Gasteiger partial charge in [0.15, 0.2) is 0 Å². The average Bonchev–Trinajstić information content (AvgIpc) is 3.08. The summed E-state index contributed by atoms with van der Waals surface area (Å²) in [5.74, 6) is -2.22. The number of carboxylic acid groups (broad SMARTS) is 1. The molecule has 2 amide bonds. The molecule has 48 heavy (non-hydrogen) atoms. The zero-order valence-corrected chi connectivity index (χ0v) is 27.7. The van der Waals surface area contributed by atoms with Gasteiger partial charge in [-0.05, 0) is 0 Å². The van der Waals surface area contributed by atoms with Crippen molar-refractivity contribution < 1.29 is 34.5 Å². The molecule has 0 fully saturated rings. The Labute approximate surface area is 284 Å². The molecule has 8 N–H and O–H groups in total. The van der Waals surface area contributed by atoms with Gasteiger partial charge in [0.2, 0.25) is 0 Å². The number of phenols is 2. The summed E-state index contributed by atoms with van der Waals surface area (Å²) in [5.41, 5.74) is 9.17. The summed E-state index contributed by atoms with van der Waals surface area (Å²) >= 11 is -1.01. The van der Waals surface area contributed by atoms with E-state index in [9.17, 15) is 34.5 Å². The molecule has 4 aromatic rings. The van der Waals surface area contributed by atoms with Crippen LogP contribution in [0.1, 0.15) is 22.3 Å². The summed E-state index contributed by atoms with van der Waals surface area (Å²) in [6.45, 7) is 0. The number of nitrogens with two attached hydrogens (primary N) is 1. The molecule has 0 unspecified atom stereocenters. The minimum atomic E-state index is -1.26. The van der Waals surface area contributed by atoms with Crippen LogP contribution in [-0.4, -0.2) is 77.1 Å². The van der Waals surface area contributed by atoms with Crippen molar-refractivity contribution in [3.63, 3.8) is 0 Å². The maximum atomic E-state index is 13.7. The summed E-state index contributed by atoms with van der Waals surface area (Å²) in [7, 11) is 0. The third kappa shape index (κ3) is 11.4. The van der Waals surface area contributed by atoms with Crippen LogP contribution in [0.15, 0.2) is 109 Å². The van der Waals surface area contributed by atoms with Crippen LogP contribution in [0.3, 0.4) is 0 Å². The molecule has 0 heterocycles. The van der Waals surface area contributed by atoms with E-state index in [1.54, 1.807) is 24.3 Å². The van der Waals surface area contributed by atoms with Crippen LogP contribution in [0.5, 0.6) is 11.5 Å². The Morgan fingerprint density at radius 1 is 0.562 bits per heavy atom. The van der Waals surface area contributed by atoms with Gasteiger partial charge in [0.05, 0.1) is 0 Å². The van der Waals surface area contributed by atoms with Crippen LogP contribution in [0.25, 0.3) is 0 Å². The van der Waals surface area contributed by atoms with E-state index in [0.29, 0.717) is 5.56 Å². The third-order valence-electron chi connectivity index (χ3n) is 7.50. The molecule has 0 aliphatic rings. The number of carbonyl (C=O) groups is 4. The minimum absolute atomic E-state index is 0.0148. The summed E-state index contributed by atoms with van der Waals surface area (Å²) in [6, 6.07) is 26.6. The molecule has 0 radical (unpaired) electrons. The zero-order valence-electron chi connectivity index (χ0n) is 26.0. The second-order valence-corrected chi connectivity index (χ2v) is 13.0. The summed E-state index contributed by atoms with van der Waals surface area (Å²) in [4.78, 5) is 52.6. The zero-order chi connectivity index (χ0) is 34.5. The van der Waals surface area contributed by atoms with Crippen LogP contribution >= 0.6 is 0 Å². The molecule has 0 spiro atoms. The van der Waals surface area contributed by atoms with Gasteiger partial charge in [-0.2, -0.15) is 0 Å². The van der Waals surface area contributed by atoms with Crippen molar-refractivity contribution in [3.8, 4) is 11.5 Å². The van der Waals surface area contributed by atoms with Crippen LogP contribution in [-0.2, 0) is 44.9 Å². The number of carboxylic acids is 1. The second kappa shape index (κ2) is 17.8. The fourth-order valence-electron chi connectivity index (χ4n) is 4.88. The summed E-state index contributed by atoms with van der Waals surface area (Å²) < 4.78 is 2.73. The first-order chi connectivity index (χ1) is 23.1. The van der Waals surface area contributed by atoms with Gasteiger partial charge < -0.3 is 0 Å². The van der Waals surface area contributed by atoms with E-state index in [4.69, 9.17) is 5.73 Å². The van der Waals surface area contributed by atoms with Gasteiger partial charge in [-0.25, -0.2) is 0 Å². The van der Waals surface area contributed by atoms with Crippen LogP contribution < -0.4 is 20.7 Å². The summed E-state index contributed by atoms with van der Waals surface area (Å²) in [5, 5.41) is 34.4. The SMILES string of the molecule is N[C@@H](Cc1ccc(O)cc1)C(=O)N[C@@H](Cc1ccccc1)C(=O)[Se]N[C@@H](Cc1ccccc1)C(=O)N[C@@H](Cc1ccc(O)cc1)C(=O)O. The van der Waals surface area contributed by atoms with Crippen LogP contribution in [0.2, 0.25) is 0 Å². The number of hydrogen-bond donors (Lipinski definition) is 7. The van der Waals surface area contributed by atoms with E-state index < -0.39 is 57.1 Å². The second-order valence-electron chi connectivity index (χ2n) is 11.3. The molecule has 0 saturated heterocycles. The topological polar surface area (TPSA) is 191 Å². The summed E-state index contributed by atoms with van der Waals surface area (Å²) in [6.07, 6.45) is 0.555. The molecule has 0 saturated carbocycles. The number of benzene rings is 4. The standard InChI is InChI=1S/C36H38N4O7Se/c37-29(19-25-11-15-27(41)16-12-25)33(43)39-32(22-24-9-5-2-6-10-24)36(47)48-40-30(20-23-7-3-1-4-8-23)34(44)38-31(35(45)46)21-26-13-17-28(42)18-14-26/h1-18,29-32,40-42H,19-22,37H2,(H,38,44)(H,39,43)(H,45,46)/t29-,30-,31-,32-/m0/s1. The van der Waals surface area contributed by atoms with Gasteiger partial charge in [0, 0.05) is 0 Å². The number of nitrogens with one attached hydrogen (secondary N) is 3. The van der Waals surface area contributed by atoms with E-state index in [1.165, 1.54) is 24.3 Å². The fraction of sp³-hybridized carbons (Fsp3) is 0.222. The van der Waals surface area contributed by atoms with Gasteiger partial charge in [-0.3, -0.25) is 0 Å². The Balaban J connectivity index is 1.48. The van der Waals surface area contributed by atoms with E-state index in [0.717, 1.165) is 16.7 Å². The molecule has 250 valence electrons. The molecule has 0 aliphatic heterocycles. The van der Waals surface area contributed by atoms with E-state index in [1.807, 2.05) is 60.7 Å².